The van der Waals surface area contributed by atoms with Gasteiger partial charge in [0.05, 0.1) is 6.04 Å². The van der Waals surface area contributed by atoms with E-state index in [0.717, 1.165) is 24.2 Å². The van der Waals surface area contributed by atoms with Crippen LogP contribution in [-0.4, -0.2) is 40.6 Å². The number of halogens is 2. The minimum atomic E-state index is -0.0725. The molecule has 1 aromatic heterocycles. The SMILES string of the molecule is CCc1cc(C(=O)N2CCNCC2c2ccccc2Cl)n[nH]1.Cl. The van der Waals surface area contributed by atoms with Crippen LogP contribution in [0.15, 0.2) is 30.3 Å². The van der Waals surface area contributed by atoms with Gasteiger partial charge in [0.1, 0.15) is 5.69 Å². The van der Waals surface area contributed by atoms with E-state index in [-0.39, 0.29) is 24.4 Å². The summed E-state index contributed by atoms with van der Waals surface area (Å²) in [6, 6.07) is 9.43. The molecule has 1 saturated heterocycles. The van der Waals surface area contributed by atoms with Crippen LogP contribution in [0.3, 0.4) is 0 Å². The highest BCUT2D eigenvalue weighted by molar-refractivity contribution is 6.31. The number of amides is 1. The van der Waals surface area contributed by atoms with Crippen LogP contribution in [0.25, 0.3) is 0 Å². The number of aromatic nitrogens is 2. The number of hydrogen-bond acceptors (Lipinski definition) is 3. The summed E-state index contributed by atoms with van der Waals surface area (Å²) in [7, 11) is 0. The van der Waals surface area contributed by atoms with Gasteiger partial charge < -0.3 is 10.2 Å². The molecule has 0 spiro atoms. The Balaban J connectivity index is 0.00000192. The quantitative estimate of drug-likeness (QED) is 0.890. The van der Waals surface area contributed by atoms with Crippen LogP contribution in [0.1, 0.15) is 34.7 Å². The van der Waals surface area contributed by atoms with Gasteiger partial charge in [0, 0.05) is 30.4 Å². The van der Waals surface area contributed by atoms with Crippen LogP contribution in [0, 0.1) is 0 Å². The Hall–Kier alpha value is -1.56. The molecular formula is C16H20Cl2N4O. The van der Waals surface area contributed by atoms with Crippen LogP contribution >= 0.6 is 24.0 Å². The van der Waals surface area contributed by atoms with E-state index in [4.69, 9.17) is 11.6 Å². The lowest BCUT2D eigenvalue weighted by molar-refractivity contribution is 0.0628. The maximum atomic E-state index is 12.8. The number of piperazine rings is 1. The molecule has 3 rings (SSSR count). The molecule has 1 unspecified atom stereocenters. The zero-order valence-electron chi connectivity index (χ0n) is 12.9. The topological polar surface area (TPSA) is 61.0 Å². The van der Waals surface area contributed by atoms with Crippen molar-refractivity contribution in [3.05, 3.63) is 52.3 Å². The second-order valence-electron chi connectivity index (χ2n) is 5.37. The first-order valence-corrected chi connectivity index (χ1v) is 7.89. The molecule has 0 bridgehead atoms. The second-order valence-corrected chi connectivity index (χ2v) is 5.78. The molecule has 1 atom stereocenters. The van der Waals surface area contributed by atoms with E-state index in [1.54, 1.807) is 0 Å². The first-order valence-electron chi connectivity index (χ1n) is 7.51. The summed E-state index contributed by atoms with van der Waals surface area (Å²) in [5, 5.41) is 11.1. The summed E-state index contributed by atoms with van der Waals surface area (Å²) in [5.74, 6) is -0.0534. The summed E-state index contributed by atoms with van der Waals surface area (Å²) in [6.07, 6.45) is 0.829. The molecule has 0 aliphatic carbocycles. The highest BCUT2D eigenvalue weighted by Crippen LogP contribution is 2.29. The van der Waals surface area contributed by atoms with Crippen LogP contribution in [0.2, 0.25) is 5.02 Å². The number of rotatable bonds is 3. The molecule has 124 valence electrons. The third kappa shape index (κ3) is 3.68. The lowest BCUT2D eigenvalue weighted by Crippen LogP contribution is -2.48. The van der Waals surface area contributed by atoms with Crippen molar-refractivity contribution in [1.82, 2.24) is 20.4 Å². The smallest absolute Gasteiger partial charge is 0.274 e. The van der Waals surface area contributed by atoms with Crippen LogP contribution in [-0.2, 0) is 6.42 Å². The standard InChI is InChI=1S/C16H19ClN4O.ClH/c1-2-11-9-14(20-19-11)16(22)21-8-7-18-10-15(21)12-5-3-4-6-13(12)17;/h3-6,9,15,18H,2,7-8,10H2,1H3,(H,19,20);1H. The predicted molar refractivity (Wildman–Crippen MR) is 93.3 cm³/mol. The Morgan fingerprint density at radius 3 is 2.91 bits per heavy atom. The van der Waals surface area contributed by atoms with Crippen molar-refractivity contribution >= 4 is 29.9 Å². The number of aryl methyl sites for hydroxylation is 1. The number of nitrogens with one attached hydrogen (secondary N) is 2. The van der Waals surface area contributed by atoms with E-state index in [2.05, 4.69) is 15.5 Å². The molecule has 1 aliphatic heterocycles. The number of nitrogens with zero attached hydrogens (tertiary/aromatic N) is 2. The van der Waals surface area contributed by atoms with Gasteiger partial charge in [0.15, 0.2) is 0 Å². The number of H-pyrrole nitrogens is 1. The van der Waals surface area contributed by atoms with E-state index in [0.29, 0.717) is 23.8 Å². The van der Waals surface area contributed by atoms with Crippen molar-refractivity contribution in [3.63, 3.8) is 0 Å². The van der Waals surface area contributed by atoms with Gasteiger partial charge in [-0.15, -0.1) is 12.4 Å². The maximum Gasteiger partial charge on any atom is 0.274 e. The lowest BCUT2D eigenvalue weighted by atomic mass is 10.0. The molecule has 1 fully saturated rings. The molecular weight excluding hydrogens is 335 g/mol. The van der Waals surface area contributed by atoms with Crippen LogP contribution < -0.4 is 5.32 Å². The number of carbonyl (C=O) groups excluding carboxylic acids is 1. The highest BCUT2D eigenvalue weighted by atomic mass is 35.5. The maximum absolute atomic E-state index is 12.8. The molecule has 1 amide bonds. The molecule has 7 heteroatoms. The predicted octanol–water partition coefficient (Wildman–Crippen LogP) is 2.83. The molecule has 0 radical (unpaired) electrons. The Bertz CT molecular complexity index is 674. The fraction of sp³-hybridized carbons (Fsp3) is 0.375. The van der Waals surface area contributed by atoms with E-state index in [9.17, 15) is 4.79 Å². The minimum Gasteiger partial charge on any atom is -0.328 e. The first kappa shape index (κ1) is 17.8. The van der Waals surface area contributed by atoms with Gasteiger partial charge in [-0.3, -0.25) is 9.89 Å². The normalized spacial score (nSPS) is 17.7. The van der Waals surface area contributed by atoms with Crippen LogP contribution in [0.4, 0.5) is 0 Å². The number of carbonyl (C=O) groups is 1. The molecule has 0 saturated carbocycles. The van der Waals surface area contributed by atoms with Gasteiger partial charge in [-0.05, 0) is 24.1 Å². The van der Waals surface area contributed by atoms with Gasteiger partial charge in [-0.2, -0.15) is 5.10 Å². The molecule has 1 aromatic carbocycles. The van der Waals surface area contributed by atoms with Crippen molar-refractivity contribution in [2.45, 2.75) is 19.4 Å². The minimum absolute atomic E-state index is 0. The second kappa shape index (κ2) is 7.81. The van der Waals surface area contributed by atoms with Gasteiger partial charge in [0.25, 0.3) is 5.91 Å². The molecule has 2 aromatic rings. The van der Waals surface area contributed by atoms with E-state index in [1.807, 2.05) is 42.2 Å². The third-order valence-electron chi connectivity index (χ3n) is 4.00. The Morgan fingerprint density at radius 2 is 2.22 bits per heavy atom. The largest absolute Gasteiger partial charge is 0.328 e. The molecule has 2 heterocycles. The average Bonchev–Trinajstić information content (AvgIpc) is 3.04. The summed E-state index contributed by atoms with van der Waals surface area (Å²) >= 11 is 6.31. The van der Waals surface area contributed by atoms with Gasteiger partial charge in [-0.1, -0.05) is 36.7 Å². The van der Waals surface area contributed by atoms with Gasteiger partial charge >= 0.3 is 0 Å². The van der Waals surface area contributed by atoms with Crippen molar-refractivity contribution in [2.24, 2.45) is 0 Å². The molecule has 23 heavy (non-hydrogen) atoms. The molecule has 5 nitrogen and oxygen atoms in total. The van der Waals surface area contributed by atoms with Crippen LogP contribution in [0.5, 0.6) is 0 Å². The number of aromatic amines is 1. The lowest BCUT2D eigenvalue weighted by Gasteiger charge is -2.36. The zero-order valence-corrected chi connectivity index (χ0v) is 14.5. The fourth-order valence-electron chi connectivity index (χ4n) is 2.77. The first-order chi connectivity index (χ1) is 10.7. The van der Waals surface area contributed by atoms with Gasteiger partial charge in [-0.25, -0.2) is 0 Å². The number of hydrogen-bond donors (Lipinski definition) is 2. The monoisotopic (exact) mass is 354 g/mol. The van der Waals surface area contributed by atoms with Gasteiger partial charge in [0.2, 0.25) is 0 Å². The molecule has 2 N–H and O–H groups in total. The summed E-state index contributed by atoms with van der Waals surface area (Å²) < 4.78 is 0. The van der Waals surface area contributed by atoms with Crippen molar-refractivity contribution < 1.29 is 4.79 Å². The highest BCUT2D eigenvalue weighted by Gasteiger charge is 2.30. The van der Waals surface area contributed by atoms with Crippen molar-refractivity contribution in [1.29, 1.82) is 0 Å². The molecule has 1 aliphatic rings. The van der Waals surface area contributed by atoms with E-state index < -0.39 is 0 Å². The Morgan fingerprint density at radius 1 is 1.43 bits per heavy atom. The average molecular weight is 355 g/mol. The Kier molecular flexibility index (Phi) is 6.04. The summed E-state index contributed by atoms with van der Waals surface area (Å²) in [6.45, 7) is 4.14. The summed E-state index contributed by atoms with van der Waals surface area (Å²) in [5.41, 5.74) is 2.40. The fourth-order valence-corrected chi connectivity index (χ4v) is 3.03. The number of benzene rings is 1. The van der Waals surface area contributed by atoms with Crippen molar-refractivity contribution in [2.75, 3.05) is 19.6 Å². The zero-order chi connectivity index (χ0) is 15.5. The Labute approximate surface area is 146 Å². The summed E-state index contributed by atoms with van der Waals surface area (Å²) in [4.78, 5) is 14.7. The van der Waals surface area contributed by atoms with E-state index >= 15 is 0 Å². The van der Waals surface area contributed by atoms with E-state index in [1.165, 1.54) is 0 Å². The van der Waals surface area contributed by atoms with Crippen molar-refractivity contribution in [3.8, 4) is 0 Å². The third-order valence-corrected chi connectivity index (χ3v) is 4.34.